The van der Waals surface area contributed by atoms with Gasteiger partial charge in [0.15, 0.2) is 5.96 Å². The summed E-state index contributed by atoms with van der Waals surface area (Å²) in [5.41, 5.74) is 2.99. The van der Waals surface area contributed by atoms with E-state index in [1.807, 2.05) is 27.0 Å². The fourth-order valence-corrected chi connectivity index (χ4v) is 1.90. The molecule has 0 unspecified atom stereocenters. The third-order valence-corrected chi connectivity index (χ3v) is 2.89. The predicted octanol–water partition coefficient (Wildman–Crippen LogP) is 1.95. The molecular formula is C15H24N4O. The standard InChI is InChI=1S/C15H24N4O/c1-6-8-17-15(16-7-2)19-10-13-12(4)14(20-5)11(3)9-18-13/h6,9H,1,7-8,10H2,2-5H3,(H2,16,17,19). The lowest BCUT2D eigenvalue weighted by atomic mass is 10.1. The summed E-state index contributed by atoms with van der Waals surface area (Å²) >= 11 is 0. The highest BCUT2D eigenvalue weighted by atomic mass is 16.5. The lowest BCUT2D eigenvalue weighted by molar-refractivity contribution is 0.407. The van der Waals surface area contributed by atoms with E-state index in [9.17, 15) is 0 Å². The molecule has 0 aliphatic rings. The molecule has 0 aliphatic heterocycles. The van der Waals surface area contributed by atoms with Crippen LogP contribution in [0.4, 0.5) is 0 Å². The maximum atomic E-state index is 5.40. The number of hydrogen-bond acceptors (Lipinski definition) is 3. The van der Waals surface area contributed by atoms with Crippen molar-refractivity contribution in [1.82, 2.24) is 15.6 Å². The minimum absolute atomic E-state index is 0.509. The second kappa shape index (κ2) is 8.19. The number of methoxy groups -OCH3 is 1. The van der Waals surface area contributed by atoms with Gasteiger partial charge in [0, 0.05) is 30.4 Å². The Morgan fingerprint density at radius 1 is 1.45 bits per heavy atom. The average Bonchev–Trinajstić information content (AvgIpc) is 2.44. The predicted molar refractivity (Wildman–Crippen MR) is 83.3 cm³/mol. The molecule has 0 amide bonds. The highest BCUT2D eigenvalue weighted by Gasteiger charge is 2.09. The van der Waals surface area contributed by atoms with Gasteiger partial charge < -0.3 is 15.4 Å². The van der Waals surface area contributed by atoms with Gasteiger partial charge in [-0.3, -0.25) is 4.98 Å². The molecule has 20 heavy (non-hydrogen) atoms. The first-order valence-corrected chi connectivity index (χ1v) is 6.76. The summed E-state index contributed by atoms with van der Waals surface area (Å²) < 4.78 is 5.40. The van der Waals surface area contributed by atoms with E-state index in [0.29, 0.717) is 13.1 Å². The first-order chi connectivity index (χ1) is 9.63. The molecule has 0 atom stereocenters. The van der Waals surface area contributed by atoms with E-state index in [4.69, 9.17) is 4.74 Å². The number of pyridine rings is 1. The maximum absolute atomic E-state index is 5.40. The smallest absolute Gasteiger partial charge is 0.191 e. The van der Waals surface area contributed by atoms with Crippen molar-refractivity contribution in [2.24, 2.45) is 4.99 Å². The van der Waals surface area contributed by atoms with Crippen LogP contribution < -0.4 is 15.4 Å². The summed E-state index contributed by atoms with van der Waals surface area (Å²) in [4.78, 5) is 8.95. The van der Waals surface area contributed by atoms with Gasteiger partial charge in [0.1, 0.15) is 5.75 Å². The zero-order chi connectivity index (χ0) is 15.0. The van der Waals surface area contributed by atoms with Crippen LogP contribution in [-0.2, 0) is 6.54 Å². The maximum Gasteiger partial charge on any atom is 0.191 e. The van der Waals surface area contributed by atoms with E-state index in [-0.39, 0.29) is 0 Å². The number of aryl methyl sites for hydroxylation is 1. The Balaban J connectivity index is 2.88. The van der Waals surface area contributed by atoms with Crippen molar-refractivity contribution in [2.45, 2.75) is 27.3 Å². The molecule has 1 aromatic heterocycles. The molecule has 0 saturated heterocycles. The number of guanidine groups is 1. The summed E-state index contributed by atoms with van der Waals surface area (Å²) in [5.74, 6) is 1.64. The fourth-order valence-electron chi connectivity index (χ4n) is 1.90. The Bertz CT molecular complexity index is 483. The minimum atomic E-state index is 0.509. The van der Waals surface area contributed by atoms with Crippen LogP contribution in [0.15, 0.2) is 23.8 Å². The lowest BCUT2D eigenvalue weighted by Crippen LogP contribution is -2.37. The van der Waals surface area contributed by atoms with Gasteiger partial charge in [-0.25, -0.2) is 4.99 Å². The molecule has 5 nitrogen and oxygen atoms in total. The number of hydrogen-bond donors (Lipinski definition) is 2. The van der Waals surface area contributed by atoms with Gasteiger partial charge in [-0.2, -0.15) is 0 Å². The summed E-state index contributed by atoms with van der Waals surface area (Å²) in [6.45, 7) is 11.7. The van der Waals surface area contributed by atoms with Crippen LogP contribution in [0.2, 0.25) is 0 Å². The zero-order valence-corrected chi connectivity index (χ0v) is 12.8. The summed E-state index contributed by atoms with van der Waals surface area (Å²) in [5, 5.41) is 6.34. The van der Waals surface area contributed by atoms with Gasteiger partial charge in [0.25, 0.3) is 0 Å². The molecule has 1 aromatic rings. The number of aliphatic imine (C=N–C) groups is 1. The monoisotopic (exact) mass is 276 g/mol. The summed E-state index contributed by atoms with van der Waals surface area (Å²) in [6, 6.07) is 0. The SMILES string of the molecule is C=CCNC(=NCc1ncc(C)c(OC)c1C)NCC. The van der Waals surface area contributed by atoms with Gasteiger partial charge in [0.2, 0.25) is 0 Å². The van der Waals surface area contributed by atoms with E-state index in [1.54, 1.807) is 13.2 Å². The van der Waals surface area contributed by atoms with Gasteiger partial charge in [-0.1, -0.05) is 6.08 Å². The third-order valence-electron chi connectivity index (χ3n) is 2.89. The van der Waals surface area contributed by atoms with Crippen molar-refractivity contribution in [2.75, 3.05) is 20.2 Å². The molecule has 0 radical (unpaired) electrons. The van der Waals surface area contributed by atoms with Crippen LogP contribution in [0.3, 0.4) is 0 Å². The molecule has 110 valence electrons. The van der Waals surface area contributed by atoms with Crippen LogP contribution in [0.1, 0.15) is 23.7 Å². The quantitative estimate of drug-likeness (QED) is 0.474. The summed E-state index contributed by atoms with van der Waals surface area (Å²) in [6.07, 6.45) is 3.62. The number of nitrogens with zero attached hydrogens (tertiary/aromatic N) is 2. The van der Waals surface area contributed by atoms with Crippen LogP contribution in [0, 0.1) is 13.8 Å². The second-order valence-corrected chi connectivity index (χ2v) is 4.41. The topological polar surface area (TPSA) is 58.5 Å². The van der Waals surface area contributed by atoms with Crippen LogP contribution in [0.25, 0.3) is 0 Å². The molecule has 0 aromatic carbocycles. The van der Waals surface area contributed by atoms with E-state index in [1.165, 1.54) is 0 Å². The molecular weight excluding hydrogens is 252 g/mol. The Labute approximate surface area is 121 Å². The molecule has 0 bridgehead atoms. The lowest BCUT2D eigenvalue weighted by Gasteiger charge is -2.12. The fraction of sp³-hybridized carbons (Fsp3) is 0.467. The summed E-state index contributed by atoms with van der Waals surface area (Å²) in [7, 11) is 1.68. The Morgan fingerprint density at radius 3 is 2.80 bits per heavy atom. The van der Waals surface area contributed by atoms with Crippen molar-refractivity contribution >= 4 is 5.96 Å². The Morgan fingerprint density at radius 2 is 2.20 bits per heavy atom. The first kappa shape index (κ1) is 16.0. The number of nitrogens with one attached hydrogen (secondary N) is 2. The Kier molecular flexibility index (Phi) is 6.56. The van der Waals surface area contributed by atoms with Gasteiger partial charge in [0.05, 0.1) is 19.3 Å². The van der Waals surface area contributed by atoms with Crippen molar-refractivity contribution in [1.29, 1.82) is 0 Å². The molecule has 0 spiro atoms. The van der Waals surface area contributed by atoms with Crippen molar-refractivity contribution < 1.29 is 4.74 Å². The Hall–Kier alpha value is -2.04. The molecule has 1 rings (SSSR count). The van der Waals surface area contributed by atoms with Crippen molar-refractivity contribution in [3.05, 3.63) is 35.7 Å². The third kappa shape index (κ3) is 4.26. The highest BCUT2D eigenvalue weighted by Crippen LogP contribution is 2.24. The average molecular weight is 276 g/mol. The molecule has 1 heterocycles. The minimum Gasteiger partial charge on any atom is -0.496 e. The van der Waals surface area contributed by atoms with Crippen LogP contribution in [0.5, 0.6) is 5.75 Å². The zero-order valence-electron chi connectivity index (χ0n) is 12.8. The van der Waals surface area contributed by atoms with E-state index >= 15 is 0 Å². The molecule has 0 fully saturated rings. The molecule has 0 aliphatic carbocycles. The molecule has 2 N–H and O–H groups in total. The first-order valence-electron chi connectivity index (χ1n) is 6.76. The van der Waals surface area contributed by atoms with Gasteiger partial charge >= 0.3 is 0 Å². The number of rotatable bonds is 6. The van der Waals surface area contributed by atoms with Crippen molar-refractivity contribution in [3.63, 3.8) is 0 Å². The highest BCUT2D eigenvalue weighted by molar-refractivity contribution is 5.79. The van der Waals surface area contributed by atoms with E-state index < -0.39 is 0 Å². The number of ether oxygens (including phenoxy) is 1. The second-order valence-electron chi connectivity index (χ2n) is 4.41. The van der Waals surface area contributed by atoms with Crippen LogP contribution in [-0.4, -0.2) is 31.1 Å². The van der Waals surface area contributed by atoms with Crippen LogP contribution >= 0.6 is 0 Å². The van der Waals surface area contributed by atoms with E-state index in [2.05, 4.69) is 27.2 Å². The number of aromatic nitrogens is 1. The largest absolute Gasteiger partial charge is 0.496 e. The molecule has 0 saturated carbocycles. The van der Waals surface area contributed by atoms with Gasteiger partial charge in [-0.15, -0.1) is 6.58 Å². The van der Waals surface area contributed by atoms with Gasteiger partial charge in [-0.05, 0) is 20.8 Å². The normalized spacial score (nSPS) is 11.1. The molecule has 5 heteroatoms. The van der Waals surface area contributed by atoms with E-state index in [0.717, 1.165) is 35.1 Å². The van der Waals surface area contributed by atoms with Crippen molar-refractivity contribution in [3.8, 4) is 5.75 Å².